The number of aliphatic hydroxyl groups is 1. The van der Waals surface area contributed by atoms with Crippen molar-refractivity contribution < 1.29 is 18.9 Å². The van der Waals surface area contributed by atoms with Crippen molar-refractivity contribution in [1.29, 1.82) is 0 Å². The summed E-state index contributed by atoms with van der Waals surface area (Å²) in [6.07, 6.45) is 1.83. The summed E-state index contributed by atoms with van der Waals surface area (Å²) in [6.45, 7) is 9.67. The van der Waals surface area contributed by atoms with Crippen molar-refractivity contribution in [2.75, 3.05) is 6.16 Å². The SMILES string of the molecule is [B][C@H]1CC(O[P+](=O)CC(C)(C)CC)[C@@H](CC(C)(C)O)O1. The Kier molecular flexibility index (Phi) is 6.22. The molecule has 0 aliphatic carbocycles. The minimum absolute atomic E-state index is 0.000771. The third kappa shape index (κ3) is 6.21. The predicted molar refractivity (Wildman–Crippen MR) is 81.4 cm³/mol. The molecule has 1 fully saturated rings. The van der Waals surface area contributed by atoms with Crippen molar-refractivity contribution in [3.63, 3.8) is 0 Å². The van der Waals surface area contributed by atoms with Crippen LogP contribution in [0.15, 0.2) is 0 Å². The van der Waals surface area contributed by atoms with Gasteiger partial charge in [0.05, 0.1) is 11.7 Å². The van der Waals surface area contributed by atoms with Gasteiger partial charge < -0.3 is 9.84 Å². The molecule has 114 valence electrons. The molecule has 0 aromatic rings. The minimum Gasteiger partial charge on any atom is -0.390 e. The van der Waals surface area contributed by atoms with E-state index >= 15 is 0 Å². The van der Waals surface area contributed by atoms with Gasteiger partial charge in [0.15, 0.2) is 6.16 Å². The van der Waals surface area contributed by atoms with Crippen LogP contribution in [0.2, 0.25) is 0 Å². The molecule has 0 spiro atoms. The van der Waals surface area contributed by atoms with Crippen LogP contribution in [0.25, 0.3) is 0 Å². The molecule has 1 aliphatic rings. The van der Waals surface area contributed by atoms with Gasteiger partial charge in [0.25, 0.3) is 0 Å². The Hall–Kier alpha value is 0.0449. The zero-order chi connectivity index (χ0) is 15.6. The highest BCUT2D eigenvalue weighted by atomic mass is 31.1. The van der Waals surface area contributed by atoms with Gasteiger partial charge in [0.1, 0.15) is 14.0 Å². The normalized spacial score (nSPS) is 28.7. The molecule has 0 aromatic heterocycles. The second-order valence-corrected chi connectivity index (χ2v) is 8.31. The van der Waals surface area contributed by atoms with E-state index in [2.05, 4.69) is 20.8 Å². The molecule has 20 heavy (non-hydrogen) atoms. The van der Waals surface area contributed by atoms with E-state index < -0.39 is 19.6 Å². The summed E-state index contributed by atoms with van der Waals surface area (Å²) >= 11 is 0. The van der Waals surface area contributed by atoms with Crippen LogP contribution >= 0.6 is 8.03 Å². The molecule has 1 rings (SSSR count). The Morgan fingerprint density at radius 3 is 2.50 bits per heavy atom. The first-order chi connectivity index (χ1) is 9.02. The summed E-state index contributed by atoms with van der Waals surface area (Å²) in [7, 11) is 4.04. The first-order valence-electron chi connectivity index (χ1n) is 7.27. The van der Waals surface area contributed by atoms with E-state index in [4.69, 9.17) is 17.1 Å². The molecule has 0 aromatic carbocycles. The van der Waals surface area contributed by atoms with Crippen LogP contribution in [-0.4, -0.2) is 42.9 Å². The molecular weight excluding hydrogens is 274 g/mol. The van der Waals surface area contributed by atoms with Crippen molar-refractivity contribution in [3.8, 4) is 0 Å². The van der Waals surface area contributed by atoms with Gasteiger partial charge in [-0.25, -0.2) is 0 Å². The summed E-state index contributed by atoms with van der Waals surface area (Å²) in [5.41, 5.74) is -0.856. The summed E-state index contributed by atoms with van der Waals surface area (Å²) in [4.78, 5) is 0. The average Bonchev–Trinajstić information content (AvgIpc) is 2.55. The molecule has 4 nitrogen and oxygen atoms in total. The molecule has 1 saturated heterocycles. The smallest absolute Gasteiger partial charge is 0.390 e. The van der Waals surface area contributed by atoms with Crippen molar-refractivity contribution in [3.05, 3.63) is 0 Å². The molecule has 1 aliphatic heterocycles. The van der Waals surface area contributed by atoms with E-state index in [0.717, 1.165) is 6.42 Å². The first-order valence-corrected chi connectivity index (χ1v) is 8.63. The van der Waals surface area contributed by atoms with E-state index in [-0.39, 0.29) is 17.6 Å². The molecule has 2 radical (unpaired) electrons. The van der Waals surface area contributed by atoms with Crippen LogP contribution in [0.5, 0.6) is 0 Å². The minimum atomic E-state index is -1.74. The fraction of sp³-hybridized carbons (Fsp3) is 1.00. The second kappa shape index (κ2) is 6.87. The second-order valence-electron chi connectivity index (χ2n) is 7.12. The van der Waals surface area contributed by atoms with Crippen molar-refractivity contribution >= 4 is 15.9 Å². The van der Waals surface area contributed by atoms with Crippen LogP contribution < -0.4 is 0 Å². The fourth-order valence-corrected chi connectivity index (χ4v) is 3.70. The molecule has 4 atom stereocenters. The highest BCUT2D eigenvalue weighted by molar-refractivity contribution is 7.39. The molecule has 0 saturated carbocycles. The number of hydrogen-bond donors (Lipinski definition) is 1. The van der Waals surface area contributed by atoms with Crippen LogP contribution in [0, 0.1) is 5.41 Å². The van der Waals surface area contributed by atoms with E-state index in [1.54, 1.807) is 13.8 Å². The van der Waals surface area contributed by atoms with E-state index in [9.17, 15) is 9.67 Å². The Morgan fingerprint density at radius 1 is 1.40 bits per heavy atom. The lowest BCUT2D eigenvalue weighted by Crippen LogP contribution is -2.33. The van der Waals surface area contributed by atoms with Crippen LogP contribution in [-0.2, 0) is 13.8 Å². The quantitative estimate of drug-likeness (QED) is 0.580. The Balaban J connectivity index is 2.58. The van der Waals surface area contributed by atoms with Crippen LogP contribution in [0.4, 0.5) is 0 Å². The van der Waals surface area contributed by atoms with Gasteiger partial charge in [0, 0.05) is 17.8 Å². The van der Waals surface area contributed by atoms with Crippen molar-refractivity contribution in [1.82, 2.24) is 0 Å². The molecule has 0 amide bonds. The Labute approximate surface area is 124 Å². The number of rotatable bonds is 7. The Bertz CT molecular complexity index is 341. The van der Waals surface area contributed by atoms with Crippen molar-refractivity contribution in [2.45, 2.75) is 77.7 Å². The van der Waals surface area contributed by atoms with Gasteiger partial charge in [-0.2, -0.15) is 0 Å². The fourth-order valence-electron chi connectivity index (χ4n) is 2.18. The number of ether oxygens (including phenoxy) is 1. The van der Waals surface area contributed by atoms with Gasteiger partial charge in [0.2, 0.25) is 0 Å². The van der Waals surface area contributed by atoms with Gasteiger partial charge in [-0.15, -0.1) is 4.52 Å². The third-order valence-electron chi connectivity index (χ3n) is 3.70. The summed E-state index contributed by atoms with van der Waals surface area (Å²) in [5, 5.41) is 9.89. The largest absolute Gasteiger partial charge is 0.509 e. The monoisotopic (exact) mass is 301 g/mol. The predicted octanol–water partition coefficient (Wildman–Crippen LogP) is 2.99. The lowest BCUT2D eigenvalue weighted by atomic mass is 9.93. The maximum Gasteiger partial charge on any atom is 0.509 e. The first kappa shape index (κ1) is 18.1. The molecular formula is C14H27BO4P+. The maximum atomic E-state index is 12.2. The van der Waals surface area contributed by atoms with E-state index in [0.29, 0.717) is 19.0 Å². The Morgan fingerprint density at radius 2 is 2.00 bits per heavy atom. The third-order valence-corrected chi connectivity index (χ3v) is 5.32. The number of hydrogen-bond acceptors (Lipinski definition) is 4. The van der Waals surface area contributed by atoms with Crippen LogP contribution in [0.3, 0.4) is 0 Å². The molecule has 1 N–H and O–H groups in total. The van der Waals surface area contributed by atoms with Gasteiger partial charge in [-0.05, 0) is 31.3 Å². The molecule has 0 bridgehead atoms. The average molecular weight is 301 g/mol. The van der Waals surface area contributed by atoms with Gasteiger partial charge in [-0.1, -0.05) is 20.8 Å². The zero-order valence-corrected chi connectivity index (χ0v) is 14.2. The molecule has 1 heterocycles. The van der Waals surface area contributed by atoms with E-state index in [1.807, 2.05) is 0 Å². The highest BCUT2D eigenvalue weighted by Crippen LogP contribution is 2.39. The zero-order valence-electron chi connectivity index (χ0n) is 13.3. The lowest BCUT2D eigenvalue weighted by Gasteiger charge is -2.24. The maximum absolute atomic E-state index is 12.2. The summed E-state index contributed by atoms with van der Waals surface area (Å²) in [6, 6.07) is -0.407. The standard InChI is InChI=1S/C14H27BO4P/c1-6-13(2,3)9-20(17)19-10-7-12(15)18-11(10)8-14(4,5)16/h10-12,16H,6-9H2,1-5H3/q+1/t10?,11-,12-/m1/s1. The summed E-state index contributed by atoms with van der Waals surface area (Å²) in [5.74, 6) is 0. The van der Waals surface area contributed by atoms with E-state index in [1.165, 1.54) is 0 Å². The van der Waals surface area contributed by atoms with Crippen molar-refractivity contribution in [2.24, 2.45) is 5.41 Å². The topological polar surface area (TPSA) is 55.8 Å². The van der Waals surface area contributed by atoms with Crippen LogP contribution in [0.1, 0.15) is 53.9 Å². The van der Waals surface area contributed by atoms with Gasteiger partial charge in [-0.3, -0.25) is 0 Å². The lowest BCUT2D eigenvalue weighted by molar-refractivity contribution is -0.0263. The molecule has 2 unspecified atom stereocenters. The molecule has 6 heteroatoms. The highest BCUT2D eigenvalue weighted by Gasteiger charge is 2.42. The van der Waals surface area contributed by atoms with Gasteiger partial charge >= 0.3 is 8.03 Å². The summed E-state index contributed by atoms with van der Waals surface area (Å²) < 4.78 is 23.4.